The van der Waals surface area contributed by atoms with Crippen molar-refractivity contribution in [2.45, 2.75) is 84.2 Å². The fraction of sp³-hybridized carbons (Fsp3) is 0.583. The molecule has 1 heterocycles. The summed E-state index contributed by atoms with van der Waals surface area (Å²) in [6, 6.07) is 7.66. The molecule has 0 bridgehead atoms. The zero-order chi connectivity index (χ0) is 20.0. The van der Waals surface area contributed by atoms with E-state index in [2.05, 4.69) is 16.9 Å². The minimum Gasteiger partial charge on any atom is -0.493 e. The average Bonchev–Trinajstić information content (AvgIpc) is 2.71. The van der Waals surface area contributed by atoms with E-state index in [0.717, 1.165) is 23.6 Å². The number of unbranched alkanes of at least 4 members (excludes halogenated alkanes) is 7. The molecule has 0 saturated carbocycles. The van der Waals surface area contributed by atoms with E-state index < -0.39 is 6.17 Å². The van der Waals surface area contributed by atoms with Gasteiger partial charge in [-0.05, 0) is 49.6 Å². The second kappa shape index (κ2) is 13.2. The fourth-order valence-corrected chi connectivity index (χ4v) is 3.14. The van der Waals surface area contributed by atoms with Crippen LogP contribution in [-0.4, -0.2) is 22.7 Å². The van der Waals surface area contributed by atoms with Crippen molar-refractivity contribution < 1.29 is 9.13 Å². The van der Waals surface area contributed by atoms with E-state index in [1.54, 1.807) is 6.92 Å². The van der Waals surface area contributed by atoms with E-state index in [1.807, 2.05) is 36.7 Å². The standard InChI is InChI=1S/C24H35FN2O/c1-3-4-5-6-7-8-9-10-11-21-18-26-24(27-19-21)22-12-14-23(15-13-22)28-17-16-20(2)25/h12-15,18-20H,3-11,16-17H2,1-2H3. The lowest BCUT2D eigenvalue weighted by Gasteiger charge is -2.07. The first-order valence-corrected chi connectivity index (χ1v) is 10.9. The number of alkyl halides is 1. The van der Waals surface area contributed by atoms with Crippen molar-refractivity contribution in [3.8, 4) is 17.1 Å². The predicted octanol–water partition coefficient (Wildman–Crippen LogP) is 6.95. The maximum Gasteiger partial charge on any atom is 0.159 e. The van der Waals surface area contributed by atoms with E-state index in [1.165, 1.54) is 56.9 Å². The van der Waals surface area contributed by atoms with Crippen molar-refractivity contribution in [1.82, 2.24) is 9.97 Å². The molecule has 2 aromatic rings. The van der Waals surface area contributed by atoms with Crippen LogP contribution in [0.5, 0.6) is 5.75 Å². The molecule has 0 aliphatic rings. The molecule has 0 N–H and O–H groups in total. The molecule has 28 heavy (non-hydrogen) atoms. The molecule has 0 amide bonds. The highest BCUT2D eigenvalue weighted by Crippen LogP contribution is 2.20. The van der Waals surface area contributed by atoms with Gasteiger partial charge in [-0.3, -0.25) is 0 Å². The van der Waals surface area contributed by atoms with Crippen LogP contribution in [0.3, 0.4) is 0 Å². The largest absolute Gasteiger partial charge is 0.493 e. The van der Waals surface area contributed by atoms with Crippen LogP contribution >= 0.6 is 0 Å². The van der Waals surface area contributed by atoms with Gasteiger partial charge in [0.05, 0.1) is 6.61 Å². The Hall–Kier alpha value is -1.97. The van der Waals surface area contributed by atoms with E-state index in [4.69, 9.17) is 4.74 Å². The zero-order valence-electron chi connectivity index (χ0n) is 17.5. The van der Waals surface area contributed by atoms with Gasteiger partial charge in [-0.25, -0.2) is 14.4 Å². The second-order valence-corrected chi connectivity index (χ2v) is 7.58. The number of halogens is 1. The third-order valence-electron chi connectivity index (χ3n) is 4.92. The van der Waals surface area contributed by atoms with Crippen LogP contribution in [-0.2, 0) is 6.42 Å². The van der Waals surface area contributed by atoms with Crippen molar-refractivity contribution in [3.05, 3.63) is 42.2 Å². The van der Waals surface area contributed by atoms with Crippen LogP contribution < -0.4 is 4.74 Å². The maximum absolute atomic E-state index is 12.8. The normalized spacial score (nSPS) is 12.1. The summed E-state index contributed by atoms with van der Waals surface area (Å²) in [4.78, 5) is 9.02. The SMILES string of the molecule is CCCCCCCCCCc1cnc(-c2ccc(OCCC(C)F)cc2)nc1. The van der Waals surface area contributed by atoms with Crippen molar-refractivity contribution >= 4 is 0 Å². The summed E-state index contributed by atoms with van der Waals surface area (Å²) in [5.41, 5.74) is 2.17. The summed E-state index contributed by atoms with van der Waals surface area (Å²) >= 11 is 0. The fourth-order valence-electron chi connectivity index (χ4n) is 3.14. The maximum atomic E-state index is 12.8. The zero-order valence-corrected chi connectivity index (χ0v) is 17.5. The molecular weight excluding hydrogens is 351 g/mol. The van der Waals surface area contributed by atoms with Gasteiger partial charge in [0.1, 0.15) is 11.9 Å². The van der Waals surface area contributed by atoms with Gasteiger partial charge < -0.3 is 4.74 Å². The van der Waals surface area contributed by atoms with Crippen LogP contribution in [0.2, 0.25) is 0 Å². The number of hydrogen-bond acceptors (Lipinski definition) is 3. The summed E-state index contributed by atoms with van der Waals surface area (Å²) in [7, 11) is 0. The summed E-state index contributed by atoms with van der Waals surface area (Å²) in [5.74, 6) is 1.47. The van der Waals surface area contributed by atoms with Gasteiger partial charge in [0.2, 0.25) is 0 Å². The highest BCUT2D eigenvalue weighted by molar-refractivity contribution is 5.55. The van der Waals surface area contributed by atoms with Gasteiger partial charge in [0, 0.05) is 24.4 Å². The molecule has 0 radical (unpaired) electrons. The van der Waals surface area contributed by atoms with Crippen molar-refractivity contribution in [2.24, 2.45) is 0 Å². The highest BCUT2D eigenvalue weighted by atomic mass is 19.1. The Kier molecular flexibility index (Phi) is 10.6. The molecule has 154 valence electrons. The molecule has 1 aromatic carbocycles. The Morgan fingerprint density at radius 1 is 0.893 bits per heavy atom. The third kappa shape index (κ3) is 8.81. The smallest absolute Gasteiger partial charge is 0.159 e. The monoisotopic (exact) mass is 386 g/mol. The molecule has 1 aromatic heterocycles. The lowest BCUT2D eigenvalue weighted by atomic mass is 10.1. The van der Waals surface area contributed by atoms with Crippen molar-refractivity contribution in [3.63, 3.8) is 0 Å². The molecule has 0 fully saturated rings. The number of aromatic nitrogens is 2. The molecule has 0 saturated heterocycles. The Morgan fingerprint density at radius 2 is 1.50 bits per heavy atom. The van der Waals surface area contributed by atoms with E-state index in [9.17, 15) is 4.39 Å². The van der Waals surface area contributed by atoms with Crippen LogP contribution in [0.4, 0.5) is 4.39 Å². The Labute approximate surface area is 169 Å². The highest BCUT2D eigenvalue weighted by Gasteiger charge is 2.04. The van der Waals surface area contributed by atoms with Gasteiger partial charge >= 0.3 is 0 Å². The van der Waals surface area contributed by atoms with Crippen LogP contribution in [0, 0.1) is 0 Å². The number of aryl methyl sites for hydroxylation is 1. The molecule has 2 rings (SSSR count). The van der Waals surface area contributed by atoms with Crippen molar-refractivity contribution in [2.75, 3.05) is 6.61 Å². The Morgan fingerprint density at radius 3 is 2.11 bits per heavy atom. The van der Waals surface area contributed by atoms with Crippen molar-refractivity contribution in [1.29, 1.82) is 0 Å². The van der Waals surface area contributed by atoms with Crippen LogP contribution in [0.25, 0.3) is 11.4 Å². The first-order valence-electron chi connectivity index (χ1n) is 10.9. The number of ether oxygens (including phenoxy) is 1. The number of benzene rings is 1. The van der Waals surface area contributed by atoms with Crippen LogP contribution in [0.1, 0.15) is 77.2 Å². The second-order valence-electron chi connectivity index (χ2n) is 7.58. The lowest BCUT2D eigenvalue weighted by Crippen LogP contribution is -2.03. The molecule has 4 heteroatoms. The molecule has 1 unspecified atom stereocenters. The Bertz CT molecular complexity index is 641. The molecule has 0 aliphatic carbocycles. The minimum atomic E-state index is -0.836. The minimum absolute atomic E-state index is 0.390. The predicted molar refractivity (Wildman–Crippen MR) is 114 cm³/mol. The van der Waals surface area contributed by atoms with Gasteiger partial charge in [-0.15, -0.1) is 0 Å². The number of nitrogens with zero attached hydrogens (tertiary/aromatic N) is 2. The number of rotatable bonds is 14. The molecule has 3 nitrogen and oxygen atoms in total. The summed E-state index contributed by atoms with van der Waals surface area (Å²) in [5, 5.41) is 0. The van der Waals surface area contributed by atoms with Crippen LogP contribution in [0.15, 0.2) is 36.7 Å². The molecule has 0 spiro atoms. The molecule has 0 aliphatic heterocycles. The molecular formula is C24H35FN2O. The van der Waals surface area contributed by atoms with Gasteiger partial charge in [-0.1, -0.05) is 51.9 Å². The van der Waals surface area contributed by atoms with Gasteiger partial charge in [0.25, 0.3) is 0 Å². The van der Waals surface area contributed by atoms with Gasteiger partial charge in [0.15, 0.2) is 5.82 Å². The summed E-state index contributed by atoms with van der Waals surface area (Å²) < 4.78 is 18.3. The Balaban J connectivity index is 1.70. The molecule has 1 atom stereocenters. The van der Waals surface area contributed by atoms with Gasteiger partial charge in [-0.2, -0.15) is 0 Å². The average molecular weight is 387 g/mol. The topological polar surface area (TPSA) is 35.0 Å². The van der Waals surface area contributed by atoms with E-state index >= 15 is 0 Å². The first kappa shape index (κ1) is 22.3. The van der Waals surface area contributed by atoms with E-state index in [-0.39, 0.29) is 0 Å². The lowest BCUT2D eigenvalue weighted by molar-refractivity contribution is 0.247. The number of hydrogen-bond donors (Lipinski definition) is 0. The quantitative estimate of drug-likeness (QED) is 0.329. The first-order chi connectivity index (χ1) is 13.7. The summed E-state index contributed by atoms with van der Waals surface area (Å²) in [6.07, 6.45) is 15.1. The summed E-state index contributed by atoms with van der Waals surface area (Å²) in [6.45, 7) is 4.19. The third-order valence-corrected chi connectivity index (χ3v) is 4.92. The van der Waals surface area contributed by atoms with E-state index in [0.29, 0.717) is 13.0 Å².